The van der Waals surface area contributed by atoms with Crippen molar-refractivity contribution in [2.75, 3.05) is 10.2 Å². The van der Waals surface area contributed by atoms with Crippen molar-refractivity contribution in [2.45, 2.75) is 13.3 Å². The smallest absolute Gasteiger partial charge is 0.255 e. The molecule has 0 radical (unpaired) electrons. The largest absolute Gasteiger partial charge is 0.322 e. The van der Waals surface area contributed by atoms with E-state index in [0.717, 1.165) is 22.1 Å². The standard InChI is InChI=1S/C25H21BrN2O3/c1-12-9-14(26)5-8-20(12)27-23(29)13-3-2-4-15(10-13)28-24(30)21-16-6-7-17(19-11-18(16)19)22(21)25(28)31/h2-10,16-19,21-22H,11H2,1H3,(H,27,29)/t16-,17+,18-,19-,21+,22+/m1/s1. The Morgan fingerprint density at radius 2 is 1.68 bits per heavy atom. The van der Waals surface area contributed by atoms with Crippen LogP contribution in [0.4, 0.5) is 11.4 Å². The van der Waals surface area contributed by atoms with Crippen LogP contribution in [-0.2, 0) is 9.59 Å². The minimum absolute atomic E-state index is 0.110. The molecule has 1 aliphatic heterocycles. The fourth-order valence-corrected chi connectivity index (χ4v) is 6.44. The lowest BCUT2D eigenvalue weighted by Crippen LogP contribution is -2.40. The highest BCUT2D eigenvalue weighted by atomic mass is 79.9. The van der Waals surface area contributed by atoms with Crippen LogP contribution in [0.15, 0.2) is 59.1 Å². The van der Waals surface area contributed by atoms with Crippen LogP contribution in [-0.4, -0.2) is 17.7 Å². The van der Waals surface area contributed by atoms with Gasteiger partial charge in [-0.2, -0.15) is 0 Å². The normalized spacial score (nSPS) is 32.1. The Labute approximate surface area is 188 Å². The molecule has 1 N–H and O–H groups in total. The molecular weight excluding hydrogens is 456 g/mol. The van der Waals surface area contributed by atoms with E-state index in [0.29, 0.717) is 23.1 Å². The Morgan fingerprint density at radius 3 is 2.32 bits per heavy atom. The average Bonchev–Trinajstić information content (AvgIpc) is 3.53. The summed E-state index contributed by atoms with van der Waals surface area (Å²) in [5.74, 6) is 0.539. The van der Waals surface area contributed by atoms with E-state index in [9.17, 15) is 14.4 Å². The van der Waals surface area contributed by atoms with Crippen molar-refractivity contribution < 1.29 is 14.4 Å². The Balaban J connectivity index is 1.28. The Morgan fingerprint density at radius 1 is 1.00 bits per heavy atom. The number of benzene rings is 2. The van der Waals surface area contributed by atoms with E-state index in [1.165, 1.54) is 4.90 Å². The fourth-order valence-electron chi connectivity index (χ4n) is 5.96. The number of halogens is 1. The van der Waals surface area contributed by atoms with Crippen LogP contribution in [0.5, 0.6) is 0 Å². The molecule has 1 heterocycles. The summed E-state index contributed by atoms with van der Waals surface area (Å²) in [7, 11) is 0. The number of hydrogen-bond donors (Lipinski definition) is 1. The first-order valence-electron chi connectivity index (χ1n) is 10.7. The van der Waals surface area contributed by atoms with Gasteiger partial charge in [-0.25, -0.2) is 4.90 Å². The summed E-state index contributed by atoms with van der Waals surface area (Å²) in [6, 6.07) is 12.5. The van der Waals surface area contributed by atoms with Crippen molar-refractivity contribution in [3.05, 3.63) is 70.2 Å². The second-order valence-corrected chi connectivity index (χ2v) is 10.0. The fraction of sp³-hybridized carbons (Fsp3) is 0.320. The Hall–Kier alpha value is -2.73. The van der Waals surface area contributed by atoms with E-state index in [2.05, 4.69) is 33.4 Å². The van der Waals surface area contributed by atoms with Gasteiger partial charge in [0.05, 0.1) is 17.5 Å². The van der Waals surface area contributed by atoms with Crippen molar-refractivity contribution >= 4 is 45.0 Å². The summed E-state index contributed by atoms with van der Waals surface area (Å²) < 4.78 is 0.943. The number of allylic oxidation sites excluding steroid dienone is 2. The highest BCUT2D eigenvalue weighted by Crippen LogP contribution is 2.65. The third kappa shape index (κ3) is 2.77. The number of amides is 3. The summed E-state index contributed by atoms with van der Waals surface area (Å²) in [4.78, 5) is 40.8. The van der Waals surface area contributed by atoms with Crippen LogP contribution >= 0.6 is 15.9 Å². The van der Waals surface area contributed by atoms with Crippen LogP contribution in [0.3, 0.4) is 0 Å². The molecule has 2 bridgehead atoms. The molecule has 156 valence electrons. The monoisotopic (exact) mass is 476 g/mol. The molecule has 6 atom stereocenters. The van der Waals surface area contributed by atoms with Crippen LogP contribution in [0, 0.1) is 42.4 Å². The summed E-state index contributed by atoms with van der Waals surface area (Å²) in [6.45, 7) is 1.92. The molecule has 0 spiro atoms. The van der Waals surface area contributed by atoms with Crippen molar-refractivity contribution in [2.24, 2.45) is 35.5 Å². The molecule has 1 saturated heterocycles. The van der Waals surface area contributed by atoms with E-state index in [4.69, 9.17) is 0 Å². The van der Waals surface area contributed by atoms with Crippen molar-refractivity contribution in [3.63, 3.8) is 0 Å². The molecule has 0 aromatic heterocycles. The number of carbonyl (C=O) groups excluding carboxylic acids is 3. The van der Waals surface area contributed by atoms with E-state index in [-0.39, 0.29) is 41.4 Å². The van der Waals surface area contributed by atoms with Gasteiger partial charge in [0.25, 0.3) is 5.91 Å². The van der Waals surface area contributed by atoms with Gasteiger partial charge in [0.15, 0.2) is 0 Å². The maximum Gasteiger partial charge on any atom is 0.255 e. The highest BCUT2D eigenvalue weighted by molar-refractivity contribution is 9.10. The third-order valence-corrected chi connectivity index (χ3v) is 7.96. The average molecular weight is 477 g/mol. The summed E-state index contributed by atoms with van der Waals surface area (Å²) in [6.07, 6.45) is 5.47. The third-order valence-electron chi connectivity index (χ3n) is 7.47. The lowest BCUT2D eigenvalue weighted by molar-refractivity contribution is -0.124. The zero-order valence-electron chi connectivity index (χ0n) is 16.9. The molecule has 6 heteroatoms. The lowest BCUT2D eigenvalue weighted by atomic mass is 9.63. The van der Waals surface area contributed by atoms with E-state index in [1.54, 1.807) is 24.3 Å². The van der Waals surface area contributed by atoms with Gasteiger partial charge in [-0.15, -0.1) is 0 Å². The van der Waals surface area contributed by atoms with Gasteiger partial charge < -0.3 is 5.32 Å². The molecule has 31 heavy (non-hydrogen) atoms. The first-order valence-corrected chi connectivity index (χ1v) is 11.5. The van der Waals surface area contributed by atoms with E-state index < -0.39 is 0 Å². The van der Waals surface area contributed by atoms with Crippen LogP contribution < -0.4 is 10.2 Å². The number of hydrogen-bond acceptors (Lipinski definition) is 3. The molecule has 3 fully saturated rings. The second kappa shape index (κ2) is 6.63. The van der Waals surface area contributed by atoms with Gasteiger partial charge in [0.1, 0.15) is 0 Å². The number of anilines is 2. The molecule has 2 saturated carbocycles. The first kappa shape index (κ1) is 19.0. The number of imide groups is 1. The first-order chi connectivity index (χ1) is 14.9. The zero-order valence-corrected chi connectivity index (χ0v) is 18.5. The molecule has 5 aliphatic rings. The Bertz CT molecular complexity index is 1150. The minimum Gasteiger partial charge on any atom is -0.322 e. The zero-order chi connectivity index (χ0) is 21.4. The molecule has 3 amide bonds. The van der Waals surface area contributed by atoms with Crippen LogP contribution in [0.1, 0.15) is 22.3 Å². The van der Waals surface area contributed by atoms with Gasteiger partial charge in [-0.05, 0) is 79.0 Å². The molecule has 2 aromatic carbocycles. The molecule has 2 aromatic rings. The van der Waals surface area contributed by atoms with Crippen LogP contribution in [0.2, 0.25) is 0 Å². The van der Waals surface area contributed by atoms with Crippen molar-refractivity contribution in [3.8, 4) is 0 Å². The number of carbonyl (C=O) groups is 3. The maximum absolute atomic E-state index is 13.3. The van der Waals surface area contributed by atoms with Crippen molar-refractivity contribution in [1.82, 2.24) is 0 Å². The van der Waals surface area contributed by atoms with Gasteiger partial charge in [0, 0.05) is 15.7 Å². The molecule has 0 unspecified atom stereocenters. The molecule has 4 aliphatic carbocycles. The van der Waals surface area contributed by atoms with Gasteiger partial charge in [-0.3, -0.25) is 14.4 Å². The summed E-state index contributed by atoms with van der Waals surface area (Å²) >= 11 is 3.42. The SMILES string of the molecule is Cc1cc(Br)ccc1NC(=O)c1cccc(N2C(=O)[C@H]3[C@@H]4C=C[C@@H]([C@H]5C[C@H]45)[C@@H]3C2=O)c1. The molecule has 5 nitrogen and oxygen atoms in total. The minimum atomic E-state index is -0.272. The van der Waals surface area contributed by atoms with Gasteiger partial charge in [0.2, 0.25) is 11.8 Å². The number of aryl methyl sites for hydroxylation is 1. The maximum atomic E-state index is 13.3. The molecule has 7 rings (SSSR count). The van der Waals surface area contributed by atoms with E-state index >= 15 is 0 Å². The predicted molar refractivity (Wildman–Crippen MR) is 120 cm³/mol. The summed E-state index contributed by atoms with van der Waals surface area (Å²) in [5, 5.41) is 2.92. The number of nitrogens with zero attached hydrogens (tertiary/aromatic N) is 1. The van der Waals surface area contributed by atoms with Crippen molar-refractivity contribution in [1.29, 1.82) is 0 Å². The molecular formula is C25H21BrN2O3. The second-order valence-electron chi connectivity index (χ2n) is 9.13. The summed E-state index contributed by atoms with van der Waals surface area (Å²) in [5.41, 5.74) is 2.56. The Kier molecular flexibility index (Phi) is 4.06. The number of nitrogens with one attached hydrogen (secondary N) is 1. The lowest BCUT2D eigenvalue weighted by Gasteiger charge is -2.37. The van der Waals surface area contributed by atoms with Gasteiger partial charge in [-0.1, -0.05) is 34.1 Å². The topological polar surface area (TPSA) is 66.5 Å². The predicted octanol–water partition coefficient (Wildman–Crippen LogP) is 4.57. The quantitative estimate of drug-likeness (QED) is 0.521. The van der Waals surface area contributed by atoms with E-state index in [1.807, 2.05) is 25.1 Å². The van der Waals surface area contributed by atoms with Gasteiger partial charge >= 0.3 is 0 Å². The highest BCUT2D eigenvalue weighted by Gasteiger charge is 2.67. The number of rotatable bonds is 3. The van der Waals surface area contributed by atoms with Crippen LogP contribution in [0.25, 0.3) is 0 Å².